The molecule has 0 unspecified atom stereocenters. The molecule has 2 aromatic heterocycles. The van der Waals surface area contributed by atoms with E-state index in [0.29, 0.717) is 11.3 Å². The van der Waals surface area contributed by atoms with Crippen LogP contribution in [0.15, 0.2) is 65.8 Å². The van der Waals surface area contributed by atoms with Crippen molar-refractivity contribution in [3.05, 3.63) is 78.4 Å². The molecule has 1 N–H and O–H groups in total. The first-order valence-electron chi connectivity index (χ1n) is 10.3. The minimum atomic E-state index is -0.589. The lowest BCUT2D eigenvalue weighted by atomic mass is 10.1. The summed E-state index contributed by atoms with van der Waals surface area (Å²) in [6.07, 6.45) is 3.38. The zero-order valence-electron chi connectivity index (χ0n) is 18.0. The van der Waals surface area contributed by atoms with Crippen molar-refractivity contribution < 1.29 is 13.2 Å². The fourth-order valence-corrected chi connectivity index (χ4v) is 5.21. The molecule has 4 aromatic rings. The first kappa shape index (κ1) is 23.1. The van der Waals surface area contributed by atoms with Gasteiger partial charge in [-0.2, -0.15) is 0 Å². The van der Waals surface area contributed by atoms with Crippen molar-refractivity contribution in [2.45, 2.75) is 18.7 Å². The number of benzene rings is 2. The second-order valence-corrected chi connectivity index (χ2v) is 8.85. The van der Waals surface area contributed by atoms with E-state index in [1.807, 2.05) is 26.0 Å². The van der Waals surface area contributed by atoms with Crippen LogP contribution in [0.1, 0.15) is 13.8 Å². The molecule has 0 aliphatic carbocycles. The maximum atomic E-state index is 15.6. The number of rotatable bonds is 8. The third-order valence-electron chi connectivity index (χ3n) is 5.01. The molecule has 0 bridgehead atoms. The van der Waals surface area contributed by atoms with Crippen LogP contribution in [-0.4, -0.2) is 23.1 Å². The Morgan fingerprint density at radius 1 is 1.00 bits per heavy atom. The van der Waals surface area contributed by atoms with Crippen molar-refractivity contribution >= 4 is 34.1 Å². The Balaban J connectivity index is 1.73. The van der Waals surface area contributed by atoms with Gasteiger partial charge in [0.15, 0.2) is 10.9 Å². The van der Waals surface area contributed by atoms with E-state index in [1.54, 1.807) is 30.6 Å². The number of halogens is 3. The van der Waals surface area contributed by atoms with Crippen LogP contribution in [0.25, 0.3) is 21.7 Å². The van der Waals surface area contributed by atoms with Gasteiger partial charge in [-0.3, -0.25) is 4.98 Å². The summed E-state index contributed by atoms with van der Waals surface area (Å²) in [6.45, 7) is 5.65. The van der Waals surface area contributed by atoms with Crippen LogP contribution < -0.4 is 9.62 Å². The van der Waals surface area contributed by atoms with Gasteiger partial charge in [-0.1, -0.05) is 17.4 Å². The fourth-order valence-electron chi connectivity index (χ4n) is 3.28. The first-order valence-corrected chi connectivity index (χ1v) is 12.0. The summed E-state index contributed by atoms with van der Waals surface area (Å²) in [6, 6.07) is 11.8. The van der Waals surface area contributed by atoms with Gasteiger partial charge in [0.1, 0.15) is 11.6 Å². The van der Waals surface area contributed by atoms with Gasteiger partial charge < -0.3 is 9.62 Å². The molecule has 33 heavy (non-hydrogen) atoms. The van der Waals surface area contributed by atoms with E-state index in [1.165, 1.54) is 11.3 Å². The summed E-state index contributed by atoms with van der Waals surface area (Å²) in [7, 11) is 0. The average Bonchev–Trinajstić information content (AvgIpc) is 3.27. The third kappa shape index (κ3) is 4.99. The monoisotopic (exact) mass is 486 g/mol. The maximum absolute atomic E-state index is 15.6. The Hall–Kier alpha value is -3.04. The van der Waals surface area contributed by atoms with Crippen LogP contribution in [0.4, 0.5) is 24.0 Å². The lowest BCUT2D eigenvalue weighted by molar-refractivity contribution is 0.577. The number of hydrogen-bond acceptors (Lipinski definition) is 6. The molecular formula is C24H21F3N4S2. The molecule has 0 spiro atoms. The van der Waals surface area contributed by atoms with E-state index >= 15 is 4.39 Å². The molecule has 0 fully saturated rings. The Labute approximate surface area is 198 Å². The molecule has 0 aliphatic rings. The van der Waals surface area contributed by atoms with Crippen LogP contribution >= 0.6 is 23.3 Å². The highest BCUT2D eigenvalue weighted by Crippen LogP contribution is 2.42. The Morgan fingerprint density at radius 3 is 2.48 bits per heavy atom. The normalized spacial score (nSPS) is 10.9. The number of anilines is 2. The van der Waals surface area contributed by atoms with Crippen LogP contribution in [0, 0.1) is 17.5 Å². The van der Waals surface area contributed by atoms with E-state index in [0.717, 1.165) is 58.8 Å². The average molecular weight is 487 g/mol. The van der Waals surface area contributed by atoms with Crippen molar-refractivity contribution in [3.63, 3.8) is 0 Å². The van der Waals surface area contributed by atoms with Crippen molar-refractivity contribution in [1.29, 1.82) is 0 Å². The van der Waals surface area contributed by atoms with Gasteiger partial charge in [0.2, 0.25) is 0 Å². The summed E-state index contributed by atoms with van der Waals surface area (Å²) in [5.74, 6) is -1.68. The number of aromatic nitrogens is 2. The summed E-state index contributed by atoms with van der Waals surface area (Å²) in [4.78, 5) is 11.8. The summed E-state index contributed by atoms with van der Waals surface area (Å²) in [5, 5.41) is 0.802. The van der Waals surface area contributed by atoms with Gasteiger partial charge in [0.25, 0.3) is 0 Å². The van der Waals surface area contributed by atoms with Crippen LogP contribution in [0.2, 0.25) is 0 Å². The Morgan fingerprint density at radius 2 is 1.76 bits per heavy atom. The van der Waals surface area contributed by atoms with E-state index in [-0.39, 0.29) is 10.6 Å². The first-order chi connectivity index (χ1) is 16.0. The second-order valence-electron chi connectivity index (χ2n) is 7.03. The highest BCUT2D eigenvalue weighted by Gasteiger charge is 2.21. The predicted octanol–water partition coefficient (Wildman–Crippen LogP) is 7.25. The van der Waals surface area contributed by atoms with Gasteiger partial charge in [0.05, 0.1) is 21.2 Å². The lowest BCUT2D eigenvalue weighted by Crippen LogP contribution is -2.21. The maximum Gasteiger partial charge on any atom is 0.186 e. The lowest BCUT2D eigenvalue weighted by Gasteiger charge is -2.16. The summed E-state index contributed by atoms with van der Waals surface area (Å²) < 4.78 is 45.9. The predicted molar refractivity (Wildman–Crippen MR) is 130 cm³/mol. The van der Waals surface area contributed by atoms with Gasteiger partial charge in [-0.25, -0.2) is 18.2 Å². The van der Waals surface area contributed by atoms with Crippen molar-refractivity contribution in [2.24, 2.45) is 0 Å². The van der Waals surface area contributed by atoms with Gasteiger partial charge in [0, 0.05) is 31.0 Å². The number of thiazole rings is 1. The molecule has 0 aliphatic heterocycles. The standard InChI is InChI=1S/C24H21F3N4S2/c1-3-31(4-2)24-29-22(23(32-24)15-10-12-28-13-11-15)17-6-5-7-19(21(17)27)30-33-20-14-16(25)8-9-18(20)26/h5-14,30H,3-4H2,1-2H3. The Kier molecular flexibility index (Phi) is 7.20. The zero-order chi connectivity index (χ0) is 23.4. The quantitative estimate of drug-likeness (QED) is 0.266. The van der Waals surface area contributed by atoms with Crippen LogP contribution in [-0.2, 0) is 0 Å². The highest BCUT2D eigenvalue weighted by molar-refractivity contribution is 8.00. The molecule has 0 radical (unpaired) electrons. The molecule has 4 rings (SSSR count). The zero-order valence-corrected chi connectivity index (χ0v) is 19.6. The fraction of sp³-hybridized carbons (Fsp3) is 0.167. The summed E-state index contributed by atoms with van der Waals surface area (Å²) >= 11 is 2.31. The van der Waals surface area contributed by atoms with E-state index in [4.69, 9.17) is 4.98 Å². The number of hydrogen-bond donors (Lipinski definition) is 1. The molecule has 0 saturated carbocycles. The molecule has 0 amide bonds. The molecule has 2 heterocycles. The molecule has 0 atom stereocenters. The molecular weight excluding hydrogens is 465 g/mol. The SMILES string of the molecule is CCN(CC)c1nc(-c2cccc(NSc3cc(F)ccc3F)c2F)c(-c2ccncc2)s1. The summed E-state index contributed by atoms with van der Waals surface area (Å²) in [5.41, 5.74) is 1.89. The van der Waals surface area contributed by atoms with Gasteiger partial charge >= 0.3 is 0 Å². The molecule has 4 nitrogen and oxygen atoms in total. The second kappa shape index (κ2) is 10.3. The topological polar surface area (TPSA) is 41.1 Å². The van der Waals surface area contributed by atoms with Crippen LogP contribution in [0.5, 0.6) is 0 Å². The smallest absolute Gasteiger partial charge is 0.186 e. The molecule has 9 heteroatoms. The third-order valence-corrected chi connectivity index (χ3v) is 7.03. The van der Waals surface area contributed by atoms with E-state index in [2.05, 4.69) is 14.6 Å². The molecule has 0 saturated heterocycles. The highest BCUT2D eigenvalue weighted by atomic mass is 32.2. The van der Waals surface area contributed by atoms with E-state index < -0.39 is 17.5 Å². The minimum Gasteiger partial charge on any atom is -0.349 e. The van der Waals surface area contributed by atoms with Gasteiger partial charge in [-0.05, 0) is 73.8 Å². The van der Waals surface area contributed by atoms with Crippen LogP contribution in [0.3, 0.4) is 0 Å². The number of nitrogens with zero attached hydrogens (tertiary/aromatic N) is 3. The van der Waals surface area contributed by atoms with Gasteiger partial charge in [-0.15, -0.1) is 0 Å². The van der Waals surface area contributed by atoms with Crippen molar-refractivity contribution in [3.8, 4) is 21.7 Å². The van der Waals surface area contributed by atoms with E-state index in [9.17, 15) is 8.78 Å². The van der Waals surface area contributed by atoms with Crippen molar-refractivity contribution in [1.82, 2.24) is 9.97 Å². The Bertz CT molecular complexity index is 1240. The number of nitrogens with one attached hydrogen (secondary N) is 1. The minimum absolute atomic E-state index is 0.0368. The number of pyridine rings is 1. The van der Waals surface area contributed by atoms with Crippen molar-refractivity contribution in [2.75, 3.05) is 22.7 Å². The molecule has 2 aromatic carbocycles. The molecule has 170 valence electrons. The largest absolute Gasteiger partial charge is 0.349 e.